The lowest BCUT2D eigenvalue weighted by Crippen LogP contribution is -2.16. The molecule has 0 unspecified atom stereocenters. The molecule has 1 amide bonds. The van der Waals surface area contributed by atoms with Crippen molar-refractivity contribution in [3.05, 3.63) is 47.1 Å². The lowest BCUT2D eigenvalue weighted by atomic mass is 10.2. The van der Waals surface area contributed by atoms with Crippen LogP contribution in [0.3, 0.4) is 0 Å². The fraction of sp³-hybridized carbons (Fsp3) is 0.294. The predicted molar refractivity (Wildman–Crippen MR) is 96.6 cm³/mol. The zero-order valence-corrected chi connectivity index (χ0v) is 14.7. The number of methoxy groups -OCH3 is 1. The van der Waals surface area contributed by atoms with Gasteiger partial charge in [-0.3, -0.25) is 4.79 Å². The third-order valence-corrected chi connectivity index (χ3v) is 5.01. The van der Waals surface area contributed by atoms with Gasteiger partial charge in [-0.25, -0.2) is 4.98 Å². The summed E-state index contributed by atoms with van der Waals surface area (Å²) in [4.78, 5) is 16.5. The summed E-state index contributed by atoms with van der Waals surface area (Å²) < 4.78 is 10.9. The van der Waals surface area contributed by atoms with E-state index < -0.39 is 0 Å². The fourth-order valence-electron chi connectivity index (χ4n) is 2.31. The Morgan fingerprint density at radius 3 is 2.88 bits per heavy atom. The van der Waals surface area contributed by atoms with Crippen LogP contribution in [0.1, 0.15) is 16.8 Å². The highest BCUT2D eigenvalue weighted by Crippen LogP contribution is 2.27. The molecule has 2 heterocycles. The molecule has 1 saturated heterocycles. The van der Waals surface area contributed by atoms with Gasteiger partial charge in [0.25, 0.3) is 5.91 Å². The largest absolute Gasteiger partial charge is 0.495 e. The van der Waals surface area contributed by atoms with Crippen molar-refractivity contribution >= 4 is 35.0 Å². The molecule has 0 radical (unpaired) electrons. The van der Waals surface area contributed by atoms with E-state index in [9.17, 15) is 4.79 Å². The molecule has 1 fully saturated rings. The Bertz CT molecular complexity index is 718. The van der Waals surface area contributed by atoms with E-state index in [-0.39, 0.29) is 12.0 Å². The number of hydrogen-bond acceptors (Lipinski definition) is 5. The third-order valence-electron chi connectivity index (χ3n) is 3.58. The quantitative estimate of drug-likeness (QED) is 0.872. The number of thioether (sulfide) groups is 1. The van der Waals surface area contributed by atoms with Crippen LogP contribution >= 0.6 is 23.4 Å². The SMILES string of the molecule is COc1ccc(NC(=O)c2ccc(O[C@H]3CCSC3)nc2)cc1Cl. The van der Waals surface area contributed by atoms with Crippen LogP contribution in [0.25, 0.3) is 0 Å². The van der Waals surface area contributed by atoms with Crippen LogP contribution in [0, 0.1) is 0 Å². The maximum Gasteiger partial charge on any atom is 0.257 e. The van der Waals surface area contributed by atoms with E-state index in [1.807, 2.05) is 11.8 Å². The third kappa shape index (κ3) is 4.13. The van der Waals surface area contributed by atoms with E-state index in [0.29, 0.717) is 27.9 Å². The Balaban J connectivity index is 1.63. The number of pyridine rings is 1. The topological polar surface area (TPSA) is 60.5 Å². The van der Waals surface area contributed by atoms with Crippen LogP contribution in [0.4, 0.5) is 5.69 Å². The highest BCUT2D eigenvalue weighted by Gasteiger charge is 2.17. The van der Waals surface area contributed by atoms with Gasteiger partial charge in [0.2, 0.25) is 5.88 Å². The second-order valence-corrected chi connectivity index (χ2v) is 6.85. The molecule has 0 spiro atoms. The number of nitrogens with one attached hydrogen (secondary N) is 1. The van der Waals surface area contributed by atoms with Crippen molar-refractivity contribution in [1.82, 2.24) is 4.98 Å². The maximum absolute atomic E-state index is 12.3. The summed E-state index contributed by atoms with van der Waals surface area (Å²) in [5.74, 6) is 2.96. The average Bonchev–Trinajstić information content (AvgIpc) is 3.08. The van der Waals surface area contributed by atoms with Crippen LogP contribution in [0.15, 0.2) is 36.5 Å². The number of amides is 1. The molecular weight excluding hydrogens is 348 g/mol. The molecule has 5 nitrogen and oxygen atoms in total. The Kier molecular flexibility index (Phi) is 5.48. The smallest absolute Gasteiger partial charge is 0.257 e. The van der Waals surface area contributed by atoms with Gasteiger partial charge in [0.1, 0.15) is 11.9 Å². The first-order valence-corrected chi connectivity index (χ1v) is 9.04. The van der Waals surface area contributed by atoms with Crippen LogP contribution in [0.2, 0.25) is 5.02 Å². The molecule has 24 heavy (non-hydrogen) atoms. The number of carbonyl (C=O) groups is 1. The van der Waals surface area contributed by atoms with Gasteiger partial charge in [-0.15, -0.1) is 0 Å². The minimum Gasteiger partial charge on any atom is -0.495 e. The predicted octanol–water partition coefficient (Wildman–Crippen LogP) is 3.88. The summed E-state index contributed by atoms with van der Waals surface area (Å²) in [7, 11) is 1.54. The minimum absolute atomic E-state index is 0.212. The van der Waals surface area contributed by atoms with Crippen molar-refractivity contribution in [2.45, 2.75) is 12.5 Å². The number of rotatable bonds is 5. The summed E-state index contributed by atoms with van der Waals surface area (Å²) in [5, 5.41) is 3.22. The molecule has 1 aromatic heterocycles. The molecule has 0 aliphatic carbocycles. The number of carbonyl (C=O) groups excluding carboxylic acids is 1. The Hall–Kier alpha value is -1.92. The first kappa shape index (κ1) is 16.9. The highest BCUT2D eigenvalue weighted by atomic mass is 35.5. The van der Waals surface area contributed by atoms with Crippen molar-refractivity contribution in [3.8, 4) is 11.6 Å². The van der Waals surface area contributed by atoms with Crippen LogP contribution < -0.4 is 14.8 Å². The van der Waals surface area contributed by atoms with Gasteiger partial charge in [-0.2, -0.15) is 11.8 Å². The molecule has 1 atom stereocenters. The number of nitrogens with zero attached hydrogens (tertiary/aromatic N) is 1. The summed E-state index contributed by atoms with van der Waals surface area (Å²) in [6, 6.07) is 8.49. The zero-order chi connectivity index (χ0) is 16.9. The van der Waals surface area contributed by atoms with Gasteiger partial charge in [0, 0.05) is 23.7 Å². The Labute approximate surface area is 149 Å². The monoisotopic (exact) mass is 364 g/mol. The van der Waals surface area contributed by atoms with Gasteiger partial charge < -0.3 is 14.8 Å². The van der Waals surface area contributed by atoms with Gasteiger partial charge >= 0.3 is 0 Å². The minimum atomic E-state index is -0.258. The molecule has 1 aliphatic rings. The average molecular weight is 365 g/mol. The van der Waals surface area contributed by atoms with Crippen molar-refractivity contribution in [2.75, 3.05) is 23.9 Å². The Morgan fingerprint density at radius 1 is 1.38 bits per heavy atom. The number of halogens is 1. The molecule has 126 valence electrons. The van der Waals surface area contributed by atoms with Crippen molar-refractivity contribution in [2.24, 2.45) is 0 Å². The lowest BCUT2D eigenvalue weighted by molar-refractivity contribution is 0.102. The van der Waals surface area contributed by atoms with E-state index in [4.69, 9.17) is 21.1 Å². The molecule has 0 bridgehead atoms. The molecule has 1 aliphatic heterocycles. The van der Waals surface area contributed by atoms with Crippen molar-refractivity contribution in [3.63, 3.8) is 0 Å². The van der Waals surface area contributed by atoms with Crippen LogP contribution in [-0.4, -0.2) is 35.6 Å². The number of hydrogen-bond donors (Lipinski definition) is 1. The van der Waals surface area contributed by atoms with Gasteiger partial charge in [-0.05, 0) is 36.4 Å². The summed E-state index contributed by atoms with van der Waals surface area (Å²) >= 11 is 7.93. The van der Waals surface area contributed by atoms with Crippen LogP contribution in [0.5, 0.6) is 11.6 Å². The normalized spacial score (nSPS) is 16.7. The van der Waals surface area contributed by atoms with Gasteiger partial charge in [0.15, 0.2) is 0 Å². The van der Waals surface area contributed by atoms with Crippen molar-refractivity contribution < 1.29 is 14.3 Å². The molecule has 7 heteroatoms. The second-order valence-electron chi connectivity index (χ2n) is 5.29. The van der Waals surface area contributed by atoms with E-state index in [0.717, 1.165) is 17.9 Å². The van der Waals surface area contributed by atoms with Gasteiger partial charge in [0.05, 0.1) is 17.7 Å². The summed E-state index contributed by atoms with van der Waals surface area (Å²) in [6.45, 7) is 0. The highest BCUT2D eigenvalue weighted by molar-refractivity contribution is 7.99. The molecular formula is C17H17ClN2O3S. The molecule has 3 rings (SSSR count). The van der Waals surface area contributed by atoms with E-state index in [2.05, 4.69) is 10.3 Å². The second kappa shape index (κ2) is 7.77. The lowest BCUT2D eigenvalue weighted by Gasteiger charge is -2.11. The van der Waals surface area contributed by atoms with E-state index in [1.54, 1.807) is 37.4 Å². The van der Waals surface area contributed by atoms with E-state index in [1.165, 1.54) is 6.20 Å². The fourth-order valence-corrected chi connectivity index (χ4v) is 3.66. The van der Waals surface area contributed by atoms with Crippen molar-refractivity contribution in [1.29, 1.82) is 0 Å². The molecule has 0 saturated carbocycles. The standard InChI is InChI=1S/C17H17ClN2O3S/c1-22-15-4-3-12(8-14(15)18)20-17(21)11-2-5-16(19-9-11)23-13-6-7-24-10-13/h2-5,8-9,13H,6-7,10H2,1H3,(H,20,21)/t13-/m0/s1. The number of ether oxygens (including phenoxy) is 2. The Morgan fingerprint density at radius 2 is 2.25 bits per heavy atom. The zero-order valence-electron chi connectivity index (χ0n) is 13.1. The van der Waals surface area contributed by atoms with Crippen LogP contribution in [-0.2, 0) is 0 Å². The summed E-state index contributed by atoms with van der Waals surface area (Å²) in [5.41, 5.74) is 1.05. The summed E-state index contributed by atoms with van der Waals surface area (Å²) in [6.07, 6.45) is 2.76. The van der Waals surface area contributed by atoms with Gasteiger partial charge in [-0.1, -0.05) is 11.6 Å². The molecule has 1 N–H and O–H groups in total. The molecule has 2 aromatic rings. The molecule has 1 aromatic carbocycles. The first-order chi connectivity index (χ1) is 11.7. The first-order valence-electron chi connectivity index (χ1n) is 7.51. The number of benzene rings is 1. The van der Waals surface area contributed by atoms with E-state index >= 15 is 0 Å². The number of aromatic nitrogens is 1. The maximum atomic E-state index is 12.3. The number of anilines is 1.